The molecule has 0 aliphatic heterocycles. The topological polar surface area (TPSA) is 81.7 Å². The summed E-state index contributed by atoms with van der Waals surface area (Å²) < 4.78 is 10.2. The average Bonchev–Trinajstić information content (AvgIpc) is 2.70. The number of rotatable bonds is 7. The molecule has 2 aromatic carbocycles. The Hall–Kier alpha value is -3.15. The molecule has 0 heterocycles. The number of hydrogen-bond acceptors (Lipinski definition) is 5. The number of carbonyl (C=O) groups excluding carboxylic acids is 3. The summed E-state index contributed by atoms with van der Waals surface area (Å²) in [5, 5.41) is 2.59. The molecule has 0 aliphatic carbocycles. The van der Waals surface area contributed by atoms with Gasteiger partial charge in [-0.05, 0) is 42.2 Å². The molecule has 2 rings (SSSR count). The van der Waals surface area contributed by atoms with Crippen LogP contribution in [-0.4, -0.2) is 37.4 Å². The second-order valence-electron chi connectivity index (χ2n) is 7.75. The first kappa shape index (κ1) is 22.1. The number of benzene rings is 2. The van der Waals surface area contributed by atoms with Gasteiger partial charge in [-0.1, -0.05) is 45.0 Å². The molecule has 6 nitrogen and oxygen atoms in total. The van der Waals surface area contributed by atoms with Crippen LogP contribution in [0.4, 0.5) is 0 Å². The van der Waals surface area contributed by atoms with Gasteiger partial charge in [0.1, 0.15) is 11.8 Å². The van der Waals surface area contributed by atoms with Gasteiger partial charge in [0.15, 0.2) is 6.61 Å². The Balaban J connectivity index is 1.91. The van der Waals surface area contributed by atoms with E-state index in [1.54, 1.807) is 36.4 Å². The number of ether oxygens (including phenoxy) is 2. The lowest BCUT2D eigenvalue weighted by atomic mass is 9.86. The molecule has 0 spiro atoms. The summed E-state index contributed by atoms with van der Waals surface area (Å²) in [6.45, 7) is 7.35. The maximum atomic E-state index is 12.4. The van der Waals surface area contributed by atoms with E-state index in [1.165, 1.54) is 14.0 Å². The largest absolute Gasteiger partial charge is 0.496 e. The third kappa shape index (κ3) is 5.91. The van der Waals surface area contributed by atoms with Crippen molar-refractivity contribution in [1.29, 1.82) is 0 Å². The Bertz CT molecular complexity index is 881. The molecule has 2 aromatic rings. The molecular formula is C23H27NO5. The van der Waals surface area contributed by atoms with Gasteiger partial charge in [0.2, 0.25) is 5.78 Å². The monoisotopic (exact) mass is 397 g/mol. The number of amides is 1. The number of para-hydroxylation sites is 1. The zero-order valence-corrected chi connectivity index (χ0v) is 17.4. The Kier molecular flexibility index (Phi) is 7.15. The van der Waals surface area contributed by atoms with Crippen LogP contribution in [0.5, 0.6) is 5.75 Å². The van der Waals surface area contributed by atoms with E-state index in [9.17, 15) is 14.4 Å². The molecule has 1 N–H and O–H groups in total. The third-order valence-electron chi connectivity index (χ3n) is 4.47. The number of methoxy groups -OCH3 is 1. The van der Waals surface area contributed by atoms with Gasteiger partial charge in [-0.25, -0.2) is 4.79 Å². The fourth-order valence-electron chi connectivity index (χ4n) is 2.67. The second kappa shape index (κ2) is 9.37. The Morgan fingerprint density at radius 1 is 1.00 bits per heavy atom. The lowest BCUT2D eigenvalue weighted by Gasteiger charge is -2.19. The average molecular weight is 397 g/mol. The molecule has 0 saturated carbocycles. The van der Waals surface area contributed by atoms with E-state index in [-0.39, 0.29) is 17.1 Å². The first-order valence-corrected chi connectivity index (χ1v) is 9.37. The zero-order valence-electron chi connectivity index (χ0n) is 17.4. The molecule has 1 atom stereocenters. The molecule has 29 heavy (non-hydrogen) atoms. The van der Waals surface area contributed by atoms with E-state index < -0.39 is 18.6 Å². The highest BCUT2D eigenvalue weighted by molar-refractivity contribution is 6.01. The zero-order chi connectivity index (χ0) is 21.6. The summed E-state index contributed by atoms with van der Waals surface area (Å²) in [6.07, 6.45) is 0. The molecular weight excluding hydrogens is 370 g/mol. The van der Waals surface area contributed by atoms with Gasteiger partial charge < -0.3 is 14.8 Å². The molecule has 0 fully saturated rings. The Morgan fingerprint density at radius 2 is 1.62 bits per heavy atom. The summed E-state index contributed by atoms with van der Waals surface area (Å²) in [7, 11) is 1.46. The molecule has 0 radical (unpaired) electrons. The summed E-state index contributed by atoms with van der Waals surface area (Å²) in [5.74, 6) is -1.04. The Morgan fingerprint density at radius 3 is 2.21 bits per heavy atom. The highest BCUT2D eigenvalue weighted by Gasteiger charge is 2.21. The molecule has 1 amide bonds. The van der Waals surface area contributed by atoms with Gasteiger partial charge in [-0.2, -0.15) is 0 Å². The Labute approximate surface area is 171 Å². The SMILES string of the molecule is COc1ccccc1C(=O)COC(=O)[C@H](C)NC(=O)c1ccc(C(C)(C)C)cc1. The van der Waals surface area contributed by atoms with E-state index in [2.05, 4.69) is 26.1 Å². The van der Waals surface area contributed by atoms with E-state index in [4.69, 9.17) is 9.47 Å². The minimum atomic E-state index is -0.893. The van der Waals surface area contributed by atoms with Crippen molar-refractivity contribution in [1.82, 2.24) is 5.32 Å². The first-order valence-electron chi connectivity index (χ1n) is 9.37. The molecule has 0 saturated heterocycles. The highest BCUT2D eigenvalue weighted by Crippen LogP contribution is 2.22. The second-order valence-corrected chi connectivity index (χ2v) is 7.75. The van der Waals surface area contributed by atoms with Crippen LogP contribution < -0.4 is 10.1 Å². The van der Waals surface area contributed by atoms with Crippen molar-refractivity contribution in [3.63, 3.8) is 0 Å². The molecule has 0 bridgehead atoms. The lowest BCUT2D eigenvalue weighted by molar-refractivity contribution is -0.144. The van der Waals surface area contributed by atoms with Crippen molar-refractivity contribution in [3.05, 3.63) is 65.2 Å². The number of esters is 1. The highest BCUT2D eigenvalue weighted by atomic mass is 16.5. The van der Waals surface area contributed by atoms with Crippen molar-refractivity contribution < 1.29 is 23.9 Å². The number of Topliss-reactive ketones (excluding diaryl/α,β-unsaturated/α-hetero) is 1. The molecule has 0 aromatic heterocycles. The van der Waals surface area contributed by atoms with Crippen LogP contribution in [-0.2, 0) is 14.9 Å². The van der Waals surface area contributed by atoms with Gasteiger partial charge in [-0.3, -0.25) is 9.59 Å². The van der Waals surface area contributed by atoms with Crippen molar-refractivity contribution in [2.24, 2.45) is 0 Å². The fraction of sp³-hybridized carbons (Fsp3) is 0.348. The van der Waals surface area contributed by atoms with Crippen molar-refractivity contribution in [2.45, 2.75) is 39.2 Å². The van der Waals surface area contributed by atoms with Crippen LogP contribution in [0.3, 0.4) is 0 Å². The summed E-state index contributed by atoms with van der Waals surface area (Å²) in [4.78, 5) is 36.8. The van der Waals surface area contributed by atoms with Crippen LogP contribution in [0, 0.1) is 0 Å². The van der Waals surface area contributed by atoms with Crippen LogP contribution in [0.1, 0.15) is 54.0 Å². The first-order chi connectivity index (χ1) is 13.6. The number of ketones is 1. The van der Waals surface area contributed by atoms with Crippen molar-refractivity contribution in [2.75, 3.05) is 13.7 Å². The normalized spacial score (nSPS) is 12.0. The lowest BCUT2D eigenvalue weighted by Crippen LogP contribution is -2.40. The fourth-order valence-corrected chi connectivity index (χ4v) is 2.67. The molecule has 154 valence electrons. The smallest absolute Gasteiger partial charge is 0.328 e. The van der Waals surface area contributed by atoms with Gasteiger partial charge in [-0.15, -0.1) is 0 Å². The van der Waals surface area contributed by atoms with E-state index in [1.807, 2.05) is 12.1 Å². The van der Waals surface area contributed by atoms with E-state index in [0.717, 1.165) is 5.56 Å². The number of carbonyl (C=O) groups is 3. The summed E-state index contributed by atoms with van der Waals surface area (Å²) in [5.41, 5.74) is 1.87. The van der Waals surface area contributed by atoms with E-state index in [0.29, 0.717) is 16.9 Å². The van der Waals surface area contributed by atoms with Gasteiger partial charge >= 0.3 is 5.97 Å². The maximum Gasteiger partial charge on any atom is 0.328 e. The third-order valence-corrected chi connectivity index (χ3v) is 4.47. The molecule has 0 unspecified atom stereocenters. The van der Waals surface area contributed by atoms with Crippen LogP contribution >= 0.6 is 0 Å². The van der Waals surface area contributed by atoms with Crippen molar-refractivity contribution in [3.8, 4) is 5.75 Å². The van der Waals surface area contributed by atoms with Crippen LogP contribution in [0.25, 0.3) is 0 Å². The van der Waals surface area contributed by atoms with Crippen LogP contribution in [0.15, 0.2) is 48.5 Å². The molecule has 6 heteroatoms. The van der Waals surface area contributed by atoms with E-state index >= 15 is 0 Å². The van der Waals surface area contributed by atoms with Crippen molar-refractivity contribution >= 4 is 17.7 Å². The summed E-state index contributed by atoms with van der Waals surface area (Å²) in [6, 6.07) is 13.0. The van der Waals surface area contributed by atoms with Gasteiger partial charge in [0, 0.05) is 5.56 Å². The quantitative estimate of drug-likeness (QED) is 0.571. The minimum absolute atomic E-state index is 0.0138. The standard InChI is InChI=1S/C23H27NO5/c1-15(24-21(26)16-10-12-17(13-11-16)23(2,3)4)22(27)29-14-19(25)18-8-6-7-9-20(18)28-5/h6-13,15H,14H2,1-5H3,(H,24,26)/t15-/m0/s1. The predicted octanol–water partition coefficient (Wildman–Crippen LogP) is 3.54. The predicted molar refractivity (Wildman–Crippen MR) is 110 cm³/mol. The minimum Gasteiger partial charge on any atom is -0.496 e. The van der Waals surface area contributed by atoms with Crippen LogP contribution in [0.2, 0.25) is 0 Å². The number of nitrogens with one attached hydrogen (secondary N) is 1. The maximum absolute atomic E-state index is 12.4. The molecule has 0 aliphatic rings. The van der Waals surface area contributed by atoms with Gasteiger partial charge in [0.25, 0.3) is 5.91 Å². The summed E-state index contributed by atoms with van der Waals surface area (Å²) >= 11 is 0. The van der Waals surface area contributed by atoms with Gasteiger partial charge in [0.05, 0.1) is 12.7 Å². The number of hydrogen-bond donors (Lipinski definition) is 1.